The second kappa shape index (κ2) is 70.5. The third-order valence-corrected chi connectivity index (χ3v) is 18.6. The number of allylic oxidation sites excluding steroid dienone is 8. The van der Waals surface area contributed by atoms with E-state index >= 15 is 0 Å². The van der Waals surface area contributed by atoms with Crippen LogP contribution in [-0.4, -0.2) is 96.7 Å². The summed E-state index contributed by atoms with van der Waals surface area (Å²) in [7, 11) is -9.94. The molecule has 96 heavy (non-hydrogen) atoms. The molecule has 0 aliphatic carbocycles. The Hall–Kier alpha value is -2.98. The average Bonchev–Trinajstić information content (AvgIpc) is 1.17. The summed E-state index contributed by atoms with van der Waals surface area (Å²) in [6.45, 7) is 4.85. The van der Waals surface area contributed by atoms with E-state index < -0.39 is 97.5 Å². The van der Waals surface area contributed by atoms with Gasteiger partial charge in [-0.25, -0.2) is 9.13 Å². The third-order valence-electron chi connectivity index (χ3n) is 16.7. The Morgan fingerprint density at radius 1 is 0.281 bits per heavy atom. The molecule has 5 atom stereocenters. The quantitative estimate of drug-likeness (QED) is 0.0169. The number of hydrogen-bond donors (Lipinski definition) is 3. The van der Waals surface area contributed by atoms with Gasteiger partial charge in [-0.3, -0.25) is 37.3 Å². The van der Waals surface area contributed by atoms with Gasteiger partial charge in [0.2, 0.25) is 0 Å². The van der Waals surface area contributed by atoms with Gasteiger partial charge in [-0.1, -0.05) is 256 Å². The van der Waals surface area contributed by atoms with Crippen LogP contribution in [0.15, 0.2) is 48.6 Å². The summed E-state index contributed by atoms with van der Waals surface area (Å²) >= 11 is 0. The van der Waals surface area contributed by atoms with Crippen LogP contribution in [0.2, 0.25) is 0 Å². The molecule has 562 valence electrons. The number of hydrogen-bond acceptors (Lipinski definition) is 15. The van der Waals surface area contributed by atoms with E-state index in [4.69, 9.17) is 37.0 Å². The van der Waals surface area contributed by atoms with Crippen LogP contribution in [-0.2, 0) is 65.4 Å². The summed E-state index contributed by atoms with van der Waals surface area (Å²) in [6, 6.07) is 0. The SMILES string of the molecule is CCCCCC/C=C\CCCCCCCCCC(=O)OC[C@H](COP(=O)(O)OC[C@@H](O)COP(=O)(O)OC[C@@H](COC(=O)CCCCCCC/C=C\CCCCCC)OC(=O)CCCCCCCCC/C=C\CCCCCC)OC(=O)CCCCCCC/C=C\CCCCCC. The first-order chi connectivity index (χ1) is 46.7. The van der Waals surface area contributed by atoms with E-state index in [-0.39, 0.29) is 25.7 Å². The van der Waals surface area contributed by atoms with E-state index in [2.05, 4.69) is 76.3 Å². The van der Waals surface area contributed by atoms with E-state index in [1.165, 1.54) is 116 Å². The molecule has 0 rings (SSSR count). The first-order valence-corrected chi connectivity index (χ1v) is 41.9. The number of aliphatic hydroxyl groups is 1. The van der Waals surface area contributed by atoms with Gasteiger partial charge in [0.25, 0.3) is 0 Å². The summed E-state index contributed by atoms with van der Waals surface area (Å²) in [4.78, 5) is 72.8. The van der Waals surface area contributed by atoms with Gasteiger partial charge < -0.3 is 33.8 Å². The van der Waals surface area contributed by atoms with Crippen molar-refractivity contribution in [3.8, 4) is 0 Å². The predicted octanol–water partition coefficient (Wildman–Crippen LogP) is 22.1. The lowest BCUT2D eigenvalue weighted by Crippen LogP contribution is -2.30. The Kier molecular flexibility index (Phi) is 68.3. The molecule has 0 fully saturated rings. The van der Waals surface area contributed by atoms with Crippen LogP contribution in [0.5, 0.6) is 0 Å². The lowest BCUT2D eigenvalue weighted by Gasteiger charge is -2.21. The molecule has 0 saturated heterocycles. The monoisotopic (exact) mass is 1400 g/mol. The van der Waals surface area contributed by atoms with Gasteiger partial charge in [0.15, 0.2) is 12.2 Å². The van der Waals surface area contributed by atoms with Gasteiger partial charge in [-0.05, 0) is 128 Å². The zero-order valence-corrected chi connectivity index (χ0v) is 63.1. The van der Waals surface area contributed by atoms with E-state index in [1.54, 1.807) is 0 Å². The van der Waals surface area contributed by atoms with Gasteiger partial charge in [0, 0.05) is 25.7 Å². The fourth-order valence-electron chi connectivity index (χ4n) is 10.7. The lowest BCUT2D eigenvalue weighted by molar-refractivity contribution is -0.161. The van der Waals surface area contributed by atoms with Gasteiger partial charge in [0.1, 0.15) is 19.3 Å². The fourth-order valence-corrected chi connectivity index (χ4v) is 12.3. The number of esters is 4. The molecule has 19 heteroatoms. The maximum Gasteiger partial charge on any atom is 0.472 e. The number of phosphoric ester groups is 2. The zero-order chi connectivity index (χ0) is 70.4. The largest absolute Gasteiger partial charge is 0.472 e. The maximum atomic E-state index is 13.1. The number of rotatable bonds is 74. The number of aliphatic hydroxyl groups excluding tert-OH is 1. The van der Waals surface area contributed by atoms with Gasteiger partial charge in [-0.15, -0.1) is 0 Å². The van der Waals surface area contributed by atoms with Crippen molar-refractivity contribution in [2.45, 2.75) is 380 Å². The molecule has 0 aromatic heterocycles. The normalized spacial score (nSPS) is 14.2. The Morgan fingerprint density at radius 2 is 0.479 bits per heavy atom. The van der Waals surface area contributed by atoms with E-state index in [0.29, 0.717) is 25.7 Å². The number of carbonyl (C=O) groups is 4. The second-order valence-corrected chi connectivity index (χ2v) is 29.2. The minimum atomic E-state index is -4.97. The average molecular weight is 1400 g/mol. The van der Waals surface area contributed by atoms with Gasteiger partial charge in [-0.2, -0.15) is 0 Å². The van der Waals surface area contributed by atoms with Crippen molar-refractivity contribution in [3.63, 3.8) is 0 Å². The van der Waals surface area contributed by atoms with Gasteiger partial charge >= 0.3 is 39.5 Å². The smallest absolute Gasteiger partial charge is 0.462 e. The highest BCUT2D eigenvalue weighted by Crippen LogP contribution is 2.45. The zero-order valence-electron chi connectivity index (χ0n) is 61.3. The molecule has 0 aromatic rings. The molecule has 0 aliphatic heterocycles. The second-order valence-electron chi connectivity index (χ2n) is 26.3. The topological polar surface area (TPSA) is 237 Å². The Balaban J connectivity index is 5.32. The lowest BCUT2D eigenvalue weighted by atomic mass is 10.1. The van der Waals surface area contributed by atoms with Crippen LogP contribution < -0.4 is 0 Å². The van der Waals surface area contributed by atoms with E-state index in [1.807, 2.05) is 0 Å². The predicted molar refractivity (Wildman–Crippen MR) is 390 cm³/mol. The summed E-state index contributed by atoms with van der Waals surface area (Å²) in [5, 5.41) is 10.6. The molecule has 3 N–H and O–H groups in total. The maximum absolute atomic E-state index is 13.1. The summed E-state index contributed by atoms with van der Waals surface area (Å²) in [5.41, 5.74) is 0. The Labute approximate surface area is 585 Å². The minimum Gasteiger partial charge on any atom is -0.462 e. The molecule has 0 aromatic carbocycles. The highest BCUT2D eigenvalue weighted by Gasteiger charge is 2.30. The van der Waals surface area contributed by atoms with Crippen LogP contribution in [0.1, 0.15) is 362 Å². The van der Waals surface area contributed by atoms with Crippen molar-refractivity contribution in [3.05, 3.63) is 48.6 Å². The standard InChI is InChI=1S/C77H142O17P2/c1-5-9-13-17-21-25-29-33-35-39-42-46-50-54-58-62-75(80)88-68-72(93-76(81)63-59-55-51-47-43-38-32-28-24-20-16-12-8-4)69-91-95(83,84)89-65-71(78)66-90-96(85,86)92-70-73(67-87-74(79)61-57-53-49-45-41-37-31-27-23-19-15-11-7-3)94-77(82)64-60-56-52-48-44-40-36-34-30-26-22-18-14-10-6-2/h25-32,71-73,78H,5-24,33-70H2,1-4H3,(H,83,84)(H,85,86)/b29-25-,30-26-,31-27-,32-28-/t71-,72-,73-/m1/s1. The molecule has 0 amide bonds. The summed E-state index contributed by atoms with van der Waals surface area (Å²) < 4.78 is 68.5. The van der Waals surface area contributed by atoms with Gasteiger partial charge in [0.05, 0.1) is 26.4 Å². The van der Waals surface area contributed by atoms with Crippen LogP contribution in [0.4, 0.5) is 0 Å². The summed E-state index contributed by atoms with van der Waals surface area (Å²) in [5.74, 6) is -2.17. The highest BCUT2D eigenvalue weighted by atomic mass is 31.2. The molecular formula is C77H142O17P2. The third kappa shape index (κ3) is 69.5. The molecular weight excluding hydrogens is 1260 g/mol. The number of unbranched alkanes of at least 4 members (excludes halogenated alkanes) is 40. The van der Waals surface area contributed by atoms with Crippen molar-refractivity contribution < 1.29 is 80.2 Å². The van der Waals surface area contributed by atoms with Crippen LogP contribution in [0.3, 0.4) is 0 Å². The number of carbonyl (C=O) groups excluding carboxylic acids is 4. The summed E-state index contributed by atoms with van der Waals surface area (Å²) in [6.07, 6.45) is 66.6. The molecule has 0 heterocycles. The molecule has 0 saturated carbocycles. The first-order valence-electron chi connectivity index (χ1n) is 38.9. The number of phosphoric acid groups is 2. The molecule has 0 radical (unpaired) electrons. The Bertz CT molecular complexity index is 2010. The van der Waals surface area contributed by atoms with Crippen molar-refractivity contribution in [1.29, 1.82) is 0 Å². The van der Waals surface area contributed by atoms with Crippen molar-refractivity contribution in [2.24, 2.45) is 0 Å². The highest BCUT2D eigenvalue weighted by molar-refractivity contribution is 7.47. The minimum absolute atomic E-state index is 0.0890. The molecule has 0 bridgehead atoms. The van der Waals surface area contributed by atoms with Crippen molar-refractivity contribution >= 4 is 39.5 Å². The first kappa shape index (κ1) is 93.0. The molecule has 17 nitrogen and oxygen atoms in total. The Morgan fingerprint density at radius 3 is 0.719 bits per heavy atom. The van der Waals surface area contributed by atoms with E-state index in [0.717, 1.165) is 167 Å². The van der Waals surface area contributed by atoms with E-state index in [9.17, 15) is 43.2 Å². The van der Waals surface area contributed by atoms with Crippen LogP contribution >= 0.6 is 15.6 Å². The van der Waals surface area contributed by atoms with Crippen LogP contribution in [0.25, 0.3) is 0 Å². The molecule has 0 spiro atoms. The number of ether oxygens (including phenoxy) is 4. The van der Waals surface area contributed by atoms with Crippen LogP contribution in [0, 0.1) is 0 Å². The molecule has 0 aliphatic rings. The van der Waals surface area contributed by atoms with Crippen molar-refractivity contribution in [1.82, 2.24) is 0 Å². The molecule has 2 unspecified atom stereocenters. The van der Waals surface area contributed by atoms with Crippen molar-refractivity contribution in [2.75, 3.05) is 39.6 Å². The fraction of sp³-hybridized carbons (Fsp3) is 0.844.